The molecule has 4 rings (SSSR count). The monoisotopic (exact) mass is 380 g/mol. The van der Waals surface area contributed by atoms with Gasteiger partial charge in [-0.1, -0.05) is 0 Å². The lowest BCUT2D eigenvalue weighted by atomic mass is 10.2. The maximum Gasteiger partial charge on any atom is 0.290 e. The molecule has 1 aliphatic rings. The summed E-state index contributed by atoms with van der Waals surface area (Å²) in [5.41, 5.74) is 3.17. The third kappa shape index (κ3) is 3.62. The van der Waals surface area contributed by atoms with Crippen LogP contribution in [0.2, 0.25) is 0 Å². The molecule has 0 spiro atoms. The van der Waals surface area contributed by atoms with Crippen LogP contribution >= 0.6 is 0 Å². The molecule has 3 aromatic rings. The van der Waals surface area contributed by atoms with Crippen LogP contribution in [0.25, 0.3) is 0 Å². The summed E-state index contributed by atoms with van der Waals surface area (Å²) in [7, 11) is 5.39. The lowest BCUT2D eigenvalue weighted by Gasteiger charge is -2.19. The van der Waals surface area contributed by atoms with Crippen molar-refractivity contribution in [1.29, 1.82) is 0 Å². The molecule has 8 heteroatoms. The maximum absolute atomic E-state index is 12.6. The van der Waals surface area contributed by atoms with Crippen LogP contribution in [0.3, 0.4) is 0 Å². The minimum absolute atomic E-state index is 0.187. The van der Waals surface area contributed by atoms with Gasteiger partial charge in [0, 0.05) is 50.9 Å². The van der Waals surface area contributed by atoms with Gasteiger partial charge in [-0.25, -0.2) is 4.68 Å². The maximum atomic E-state index is 12.6. The van der Waals surface area contributed by atoms with E-state index in [0.29, 0.717) is 30.0 Å². The van der Waals surface area contributed by atoms with Crippen molar-refractivity contribution in [3.63, 3.8) is 0 Å². The highest BCUT2D eigenvalue weighted by atomic mass is 16.5. The van der Waals surface area contributed by atoms with Crippen LogP contribution in [0.15, 0.2) is 41.5 Å². The molecule has 0 N–H and O–H groups in total. The van der Waals surface area contributed by atoms with Crippen LogP contribution in [0.5, 0.6) is 5.88 Å². The predicted octanol–water partition coefficient (Wildman–Crippen LogP) is 2.17. The molecule has 0 unspecified atom stereocenters. The number of rotatable bonds is 6. The summed E-state index contributed by atoms with van der Waals surface area (Å²) in [6.45, 7) is 2.49. The summed E-state index contributed by atoms with van der Waals surface area (Å²) in [6, 6.07) is 7.60. The van der Waals surface area contributed by atoms with E-state index in [9.17, 15) is 4.79 Å². The molecular weight excluding hydrogens is 356 g/mol. The van der Waals surface area contributed by atoms with Crippen LogP contribution in [-0.2, 0) is 14.1 Å². The fourth-order valence-corrected chi connectivity index (χ4v) is 3.29. The number of aromatic nitrogens is 5. The Bertz CT molecular complexity index is 1040. The van der Waals surface area contributed by atoms with Gasteiger partial charge >= 0.3 is 0 Å². The molecule has 8 nitrogen and oxygen atoms in total. The molecule has 28 heavy (non-hydrogen) atoms. The Morgan fingerprint density at radius 2 is 2.07 bits per heavy atom. The van der Waals surface area contributed by atoms with Crippen molar-refractivity contribution in [3.8, 4) is 5.88 Å². The first-order valence-electron chi connectivity index (χ1n) is 9.29. The molecule has 1 aliphatic carbocycles. The Morgan fingerprint density at radius 1 is 1.25 bits per heavy atom. The average molecular weight is 380 g/mol. The number of aryl methyl sites for hydroxylation is 3. The van der Waals surface area contributed by atoms with Crippen molar-refractivity contribution < 1.29 is 4.74 Å². The quantitative estimate of drug-likeness (QED) is 0.652. The first-order valence-corrected chi connectivity index (χ1v) is 9.29. The smallest absolute Gasteiger partial charge is 0.290 e. The van der Waals surface area contributed by atoms with E-state index in [1.807, 2.05) is 44.0 Å². The fourth-order valence-electron chi connectivity index (χ4n) is 3.29. The second-order valence-corrected chi connectivity index (χ2v) is 7.34. The molecule has 0 saturated heterocycles. The third-order valence-corrected chi connectivity index (χ3v) is 5.15. The Hall–Kier alpha value is -3.16. The normalized spacial score (nSPS) is 18.1. The number of pyridine rings is 1. The molecule has 2 atom stereocenters. The van der Waals surface area contributed by atoms with E-state index in [4.69, 9.17) is 4.74 Å². The number of anilines is 2. The molecule has 3 heterocycles. The molecule has 3 aromatic heterocycles. The van der Waals surface area contributed by atoms with Crippen molar-refractivity contribution in [2.45, 2.75) is 19.3 Å². The minimum atomic E-state index is -0.187. The highest BCUT2D eigenvalue weighted by molar-refractivity contribution is 5.61. The van der Waals surface area contributed by atoms with Gasteiger partial charge in [0.05, 0.1) is 24.2 Å². The van der Waals surface area contributed by atoms with Crippen molar-refractivity contribution in [1.82, 2.24) is 24.5 Å². The zero-order valence-electron chi connectivity index (χ0n) is 16.5. The molecule has 0 aromatic carbocycles. The van der Waals surface area contributed by atoms with E-state index < -0.39 is 0 Å². The standard InChI is InChI=1S/C20H24N6O2/c1-13-5-6-15(11-21-13)25(3)18-10-19(23-26(4)20(18)27)28-12-14-9-16(14)17-7-8-24(2)22-17/h5-8,10-11,14,16H,9,12H2,1-4H3/t14-,16+/m1/s1. The Balaban J connectivity index is 1.48. The minimum Gasteiger partial charge on any atom is -0.476 e. The van der Waals surface area contributed by atoms with Crippen LogP contribution in [0.1, 0.15) is 23.7 Å². The highest BCUT2D eigenvalue weighted by Gasteiger charge is 2.40. The van der Waals surface area contributed by atoms with Gasteiger partial charge in [0.15, 0.2) is 0 Å². The average Bonchev–Trinajstić information content (AvgIpc) is 3.33. The largest absolute Gasteiger partial charge is 0.476 e. The van der Waals surface area contributed by atoms with Crippen molar-refractivity contribution in [2.75, 3.05) is 18.6 Å². The van der Waals surface area contributed by atoms with Gasteiger partial charge < -0.3 is 9.64 Å². The lowest BCUT2D eigenvalue weighted by molar-refractivity contribution is 0.278. The second kappa shape index (κ2) is 7.10. The summed E-state index contributed by atoms with van der Waals surface area (Å²) < 4.78 is 9.06. The van der Waals surface area contributed by atoms with Crippen molar-refractivity contribution in [2.24, 2.45) is 20.0 Å². The SMILES string of the molecule is Cc1ccc(N(C)c2cc(OC[C@H]3C[C@@H]3c3ccn(C)n3)nn(C)c2=O)cn1. The molecule has 0 aliphatic heterocycles. The number of hydrogen-bond acceptors (Lipinski definition) is 6. The third-order valence-electron chi connectivity index (χ3n) is 5.15. The summed E-state index contributed by atoms with van der Waals surface area (Å²) in [5.74, 6) is 1.31. The van der Waals surface area contributed by atoms with Crippen molar-refractivity contribution in [3.05, 3.63) is 58.4 Å². The summed E-state index contributed by atoms with van der Waals surface area (Å²) in [6.07, 6.45) is 4.77. The number of hydrogen-bond donors (Lipinski definition) is 0. The van der Waals surface area contributed by atoms with Crippen molar-refractivity contribution >= 4 is 11.4 Å². The van der Waals surface area contributed by atoms with Crippen LogP contribution in [0.4, 0.5) is 11.4 Å². The zero-order valence-corrected chi connectivity index (χ0v) is 16.5. The first-order chi connectivity index (χ1) is 13.4. The second-order valence-electron chi connectivity index (χ2n) is 7.34. The number of nitrogens with zero attached hydrogens (tertiary/aromatic N) is 6. The van der Waals surface area contributed by atoms with Crippen LogP contribution in [0, 0.1) is 12.8 Å². The summed E-state index contributed by atoms with van der Waals surface area (Å²) >= 11 is 0. The van der Waals surface area contributed by atoms with E-state index in [1.54, 1.807) is 24.2 Å². The summed E-state index contributed by atoms with van der Waals surface area (Å²) in [4.78, 5) is 18.7. The number of ether oxygens (including phenoxy) is 1. The van der Waals surface area contributed by atoms with Gasteiger partial charge in [-0.15, -0.1) is 5.10 Å². The fraction of sp³-hybridized carbons (Fsp3) is 0.400. The molecular formula is C20H24N6O2. The van der Waals surface area contributed by atoms with Gasteiger partial charge in [0.1, 0.15) is 5.69 Å². The van der Waals surface area contributed by atoms with E-state index >= 15 is 0 Å². The highest BCUT2D eigenvalue weighted by Crippen LogP contribution is 2.46. The molecule has 0 amide bonds. The lowest BCUT2D eigenvalue weighted by Crippen LogP contribution is -2.27. The zero-order chi connectivity index (χ0) is 19.8. The van der Waals surface area contributed by atoms with E-state index in [2.05, 4.69) is 21.2 Å². The van der Waals surface area contributed by atoms with Crippen LogP contribution in [-0.4, -0.2) is 38.2 Å². The Labute approximate surface area is 163 Å². The molecule has 0 bridgehead atoms. The molecule has 1 saturated carbocycles. The van der Waals surface area contributed by atoms with Gasteiger partial charge in [0.25, 0.3) is 5.56 Å². The van der Waals surface area contributed by atoms with Gasteiger partial charge in [0.2, 0.25) is 5.88 Å². The molecule has 1 fully saturated rings. The first kappa shape index (κ1) is 18.2. The molecule has 0 radical (unpaired) electrons. The topological polar surface area (TPSA) is 78.1 Å². The van der Waals surface area contributed by atoms with E-state index in [1.165, 1.54) is 4.68 Å². The van der Waals surface area contributed by atoms with Gasteiger partial charge in [-0.2, -0.15) is 5.10 Å². The Morgan fingerprint density at radius 3 is 2.75 bits per heavy atom. The summed E-state index contributed by atoms with van der Waals surface area (Å²) in [5, 5.41) is 8.71. The van der Waals surface area contributed by atoms with E-state index in [0.717, 1.165) is 23.5 Å². The van der Waals surface area contributed by atoms with E-state index in [-0.39, 0.29) is 5.56 Å². The molecule has 146 valence electrons. The Kier molecular flexibility index (Phi) is 4.62. The predicted molar refractivity (Wildman–Crippen MR) is 106 cm³/mol. The van der Waals surface area contributed by atoms with Gasteiger partial charge in [-0.3, -0.25) is 14.5 Å². The van der Waals surface area contributed by atoms with Gasteiger partial charge in [-0.05, 0) is 31.5 Å². The van der Waals surface area contributed by atoms with Crippen LogP contribution < -0.4 is 15.2 Å².